The monoisotopic (exact) mass is 193 g/mol. The van der Waals surface area contributed by atoms with Crippen molar-refractivity contribution in [2.45, 2.75) is 19.8 Å². The molecule has 5 heteroatoms. The van der Waals surface area contributed by atoms with Gasteiger partial charge in [-0.25, -0.2) is 4.98 Å². The summed E-state index contributed by atoms with van der Waals surface area (Å²) in [5.41, 5.74) is 1.01. The Labute approximate surface area is 81.1 Å². The van der Waals surface area contributed by atoms with Crippen LogP contribution in [0.3, 0.4) is 0 Å². The molecule has 1 aliphatic rings. The van der Waals surface area contributed by atoms with Crippen LogP contribution in [0.1, 0.15) is 34.8 Å². The van der Waals surface area contributed by atoms with Crippen molar-refractivity contribution in [1.29, 1.82) is 0 Å². The lowest BCUT2D eigenvalue weighted by Gasteiger charge is -2.24. The van der Waals surface area contributed by atoms with Gasteiger partial charge in [0.2, 0.25) is 5.91 Å². The fraction of sp³-hybridized carbons (Fsp3) is 0.444. The van der Waals surface area contributed by atoms with E-state index in [-0.39, 0.29) is 17.7 Å². The number of H-pyrrole nitrogens is 1. The van der Waals surface area contributed by atoms with E-state index in [9.17, 15) is 9.59 Å². The lowest BCUT2D eigenvalue weighted by Crippen LogP contribution is -2.41. The smallest absolute Gasteiger partial charge is 0.278 e. The molecule has 0 radical (unpaired) electrons. The number of nitrogens with zero attached hydrogens (tertiary/aromatic N) is 2. The first-order valence-electron chi connectivity index (χ1n) is 4.40. The number of imidazole rings is 1. The molecule has 1 N–H and O–H groups in total. The number of nitrogens with one attached hydrogen (secondary N) is 1. The van der Waals surface area contributed by atoms with Gasteiger partial charge >= 0.3 is 0 Å². The maximum absolute atomic E-state index is 11.6. The van der Waals surface area contributed by atoms with E-state index in [1.807, 2.05) is 0 Å². The number of carbonyl (C=O) groups is 2. The average Bonchev–Trinajstić information content (AvgIpc) is 2.54. The minimum absolute atomic E-state index is 0.200. The lowest BCUT2D eigenvalue weighted by molar-refractivity contribution is -0.129. The molecule has 2 amide bonds. The predicted molar refractivity (Wildman–Crippen MR) is 48.8 cm³/mol. The van der Waals surface area contributed by atoms with Crippen LogP contribution < -0.4 is 0 Å². The molecule has 1 aromatic heterocycles. The maximum atomic E-state index is 11.6. The summed E-state index contributed by atoms with van der Waals surface area (Å²) in [6, 6.07) is 0. The summed E-state index contributed by atoms with van der Waals surface area (Å²) in [6.45, 7) is 3.52. The average molecular weight is 193 g/mol. The molecule has 0 aliphatic carbocycles. The van der Waals surface area contributed by atoms with Gasteiger partial charge in [0.25, 0.3) is 5.91 Å². The first-order valence-corrected chi connectivity index (χ1v) is 4.40. The second-order valence-electron chi connectivity index (χ2n) is 3.51. The van der Waals surface area contributed by atoms with Crippen LogP contribution in [-0.4, -0.2) is 33.7 Å². The Kier molecular flexibility index (Phi) is 1.70. The Morgan fingerprint density at radius 3 is 2.71 bits per heavy atom. The lowest BCUT2D eigenvalue weighted by atomic mass is 10.00. The third-order valence-corrected chi connectivity index (χ3v) is 2.48. The number of aromatic amines is 1. The number of amides is 2. The van der Waals surface area contributed by atoms with E-state index >= 15 is 0 Å². The highest BCUT2D eigenvalue weighted by Crippen LogP contribution is 2.25. The van der Waals surface area contributed by atoms with Crippen molar-refractivity contribution in [3.8, 4) is 0 Å². The van der Waals surface area contributed by atoms with E-state index in [0.29, 0.717) is 17.2 Å². The van der Waals surface area contributed by atoms with Gasteiger partial charge in [-0.05, 0) is 13.8 Å². The molecular formula is C9H11N3O2. The molecule has 74 valence electrons. The van der Waals surface area contributed by atoms with Crippen molar-refractivity contribution in [3.05, 3.63) is 17.2 Å². The summed E-state index contributed by atoms with van der Waals surface area (Å²) in [5.74, 6) is -0.173. The first-order chi connectivity index (χ1) is 6.52. The molecule has 2 rings (SSSR count). The minimum Gasteiger partial charge on any atom is -0.338 e. The molecule has 0 aromatic carbocycles. The summed E-state index contributed by atoms with van der Waals surface area (Å²) in [4.78, 5) is 31.3. The Morgan fingerprint density at radius 1 is 1.43 bits per heavy atom. The zero-order valence-corrected chi connectivity index (χ0v) is 8.29. The second kappa shape index (κ2) is 2.67. The van der Waals surface area contributed by atoms with Gasteiger partial charge in [0.15, 0.2) is 0 Å². The van der Waals surface area contributed by atoms with Gasteiger partial charge in [0, 0.05) is 7.05 Å². The van der Waals surface area contributed by atoms with E-state index in [1.54, 1.807) is 13.8 Å². The van der Waals surface area contributed by atoms with Crippen molar-refractivity contribution in [2.24, 2.45) is 0 Å². The highest BCUT2D eigenvalue weighted by molar-refractivity contribution is 6.09. The van der Waals surface area contributed by atoms with Crippen LogP contribution in [0, 0.1) is 6.92 Å². The Bertz CT molecular complexity index is 422. The summed E-state index contributed by atoms with van der Waals surface area (Å²) in [7, 11) is 1.49. The minimum atomic E-state index is -0.336. The van der Waals surface area contributed by atoms with Crippen LogP contribution in [0.5, 0.6) is 0 Å². The quantitative estimate of drug-likeness (QED) is 0.608. The Balaban J connectivity index is 2.61. The summed E-state index contributed by atoms with van der Waals surface area (Å²) >= 11 is 0. The van der Waals surface area contributed by atoms with Crippen molar-refractivity contribution in [1.82, 2.24) is 14.9 Å². The predicted octanol–water partition coefficient (Wildman–Crippen LogP) is 0.434. The second-order valence-corrected chi connectivity index (χ2v) is 3.51. The fourth-order valence-corrected chi connectivity index (χ4v) is 1.66. The molecule has 1 unspecified atom stereocenters. The van der Waals surface area contributed by atoms with Crippen LogP contribution >= 0.6 is 0 Å². The van der Waals surface area contributed by atoms with Gasteiger partial charge in [-0.3, -0.25) is 14.5 Å². The van der Waals surface area contributed by atoms with Crippen molar-refractivity contribution < 1.29 is 9.59 Å². The highest BCUT2D eigenvalue weighted by Gasteiger charge is 2.36. The number of rotatable bonds is 0. The van der Waals surface area contributed by atoms with E-state index in [2.05, 4.69) is 9.97 Å². The van der Waals surface area contributed by atoms with Crippen LogP contribution in [-0.2, 0) is 4.79 Å². The first kappa shape index (κ1) is 8.93. The molecule has 5 nitrogen and oxygen atoms in total. The maximum Gasteiger partial charge on any atom is 0.278 e. The SMILES string of the molecule is Cc1nc2c([nH]1)C(=O)N(C)C(=O)C2C. The number of carbonyl (C=O) groups excluding carboxylic acids is 2. The largest absolute Gasteiger partial charge is 0.338 e. The fourth-order valence-electron chi connectivity index (χ4n) is 1.66. The summed E-state index contributed by atoms with van der Waals surface area (Å²) in [6.07, 6.45) is 0. The number of fused-ring (bicyclic) bond motifs is 1. The molecule has 14 heavy (non-hydrogen) atoms. The van der Waals surface area contributed by atoms with Gasteiger partial charge in [0.05, 0.1) is 11.6 Å². The molecule has 0 saturated carbocycles. The normalized spacial score (nSPS) is 21.4. The molecule has 0 spiro atoms. The number of imide groups is 1. The summed E-state index contributed by atoms with van der Waals surface area (Å²) < 4.78 is 0. The van der Waals surface area contributed by atoms with Gasteiger partial charge < -0.3 is 4.98 Å². The van der Waals surface area contributed by atoms with E-state index in [1.165, 1.54) is 7.05 Å². The van der Waals surface area contributed by atoms with Crippen molar-refractivity contribution in [3.63, 3.8) is 0 Å². The van der Waals surface area contributed by atoms with Gasteiger partial charge in [-0.2, -0.15) is 0 Å². The Morgan fingerprint density at radius 2 is 2.07 bits per heavy atom. The van der Waals surface area contributed by atoms with Gasteiger partial charge in [-0.1, -0.05) is 0 Å². The van der Waals surface area contributed by atoms with Gasteiger partial charge in [-0.15, -0.1) is 0 Å². The third kappa shape index (κ3) is 0.982. The molecule has 1 aliphatic heterocycles. The zero-order chi connectivity index (χ0) is 10.5. The number of hydrogen-bond donors (Lipinski definition) is 1. The third-order valence-electron chi connectivity index (χ3n) is 2.48. The van der Waals surface area contributed by atoms with Crippen LogP contribution in [0.2, 0.25) is 0 Å². The highest BCUT2D eigenvalue weighted by atomic mass is 16.2. The standard InChI is InChI=1S/C9H11N3O2/c1-4-6-7(11-5(2)10-6)9(14)12(3)8(4)13/h4H,1-3H3,(H,10,11). The molecule has 0 fully saturated rings. The van der Waals surface area contributed by atoms with Crippen molar-refractivity contribution in [2.75, 3.05) is 7.05 Å². The van der Waals surface area contributed by atoms with Crippen LogP contribution in [0.25, 0.3) is 0 Å². The molecule has 2 heterocycles. The topological polar surface area (TPSA) is 66.1 Å². The van der Waals surface area contributed by atoms with E-state index < -0.39 is 0 Å². The number of likely N-dealkylation sites (N-methyl/N-ethyl adjacent to an activating group) is 1. The van der Waals surface area contributed by atoms with Crippen LogP contribution in [0.4, 0.5) is 0 Å². The molecule has 0 bridgehead atoms. The molecule has 0 saturated heterocycles. The number of hydrogen-bond acceptors (Lipinski definition) is 3. The van der Waals surface area contributed by atoms with E-state index in [0.717, 1.165) is 4.90 Å². The summed E-state index contributed by atoms with van der Waals surface area (Å²) in [5, 5.41) is 0. The number of aromatic nitrogens is 2. The Hall–Kier alpha value is -1.65. The van der Waals surface area contributed by atoms with Crippen LogP contribution in [0.15, 0.2) is 0 Å². The molecule has 1 atom stereocenters. The molecule has 1 aromatic rings. The van der Waals surface area contributed by atoms with Crippen molar-refractivity contribution >= 4 is 11.8 Å². The van der Waals surface area contributed by atoms with E-state index in [4.69, 9.17) is 0 Å². The zero-order valence-electron chi connectivity index (χ0n) is 8.29. The number of aryl methyl sites for hydroxylation is 1. The molecular weight excluding hydrogens is 182 g/mol. The van der Waals surface area contributed by atoms with Gasteiger partial charge in [0.1, 0.15) is 11.5 Å².